The topological polar surface area (TPSA) is 64.2 Å². The van der Waals surface area contributed by atoms with Gasteiger partial charge in [-0.15, -0.1) is 0 Å². The molecule has 5 nitrogen and oxygen atoms in total. The van der Waals surface area contributed by atoms with Crippen molar-refractivity contribution in [2.75, 3.05) is 19.6 Å². The molecule has 122 valence electrons. The molecule has 0 aliphatic carbocycles. The maximum atomic E-state index is 12.7. The summed E-state index contributed by atoms with van der Waals surface area (Å²) in [6.45, 7) is 4.15. The Bertz CT molecular complexity index is 704. The molecule has 1 fully saturated rings. The molecule has 1 aromatic heterocycles. The van der Waals surface area contributed by atoms with Crippen LogP contribution < -0.4 is 5.73 Å². The Morgan fingerprint density at radius 3 is 2.78 bits per heavy atom. The van der Waals surface area contributed by atoms with Gasteiger partial charge in [0.2, 0.25) is 0 Å². The molecule has 0 atom stereocenters. The zero-order valence-electron chi connectivity index (χ0n) is 13.2. The second-order valence-corrected chi connectivity index (χ2v) is 6.44. The van der Waals surface area contributed by atoms with Gasteiger partial charge < -0.3 is 10.6 Å². The van der Waals surface area contributed by atoms with Crippen molar-refractivity contribution in [1.82, 2.24) is 14.7 Å². The molecule has 1 saturated heterocycles. The second-order valence-electron chi connectivity index (χ2n) is 6.01. The van der Waals surface area contributed by atoms with E-state index in [9.17, 15) is 4.79 Å². The van der Waals surface area contributed by atoms with Gasteiger partial charge in [0, 0.05) is 18.1 Å². The van der Waals surface area contributed by atoms with Gasteiger partial charge in [-0.3, -0.25) is 4.79 Å². The molecule has 0 unspecified atom stereocenters. The minimum atomic E-state index is 0.0475. The molecule has 0 radical (unpaired) electrons. The molecule has 0 bridgehead atoms. The maximum Gasteiger partial charge on any atom is 0.257 e. The van der Waals surface area contributed by atoms with Crippen molar-refractivity contribution >= 4 is 17.5 Å². The van der Waals surface area contributed by atoms with Gasteiger partial charge in [0.1, 0.15) is 0 Å². The summed E-state index contributed by atoms with van der Waals surface area (Å²) in [5.74, 6) is 0.584. The highest BCUT2D eigenvalue weighted by Gasteiger charge is 2.25. The van der Waals surface area contributed by atoms with Gasteiger partial charge in [0.25, 0.3) is 5.91 Å². The zero-order chi connectivity index (χ0) is 16.4. The van der Waals surface area contributed by atoms with E-state index < -0.39 is 0 Å². The van der Waals surface area contributed by atoms with E-state index >= 15 is 0 Å². The SMILES string of the molecule is Cc1c(C(=O)N2CCC(CN)CC2)cnn1-c1cccc(Cl)c1. The summed E-state index contributed by atoms with van der Waals surface area (Å²) in [5, 5.41) is 5.01. The van der Waals surface area contributed by atoms with Crippen LogP contribution in [0.3, 0.4) is 0 Å². The number of carbonyl (C=O) groups excluding carboxylic acids is 1. The number of nitrogens with two attached hydrogens (primary N) is 1. The predicted molar refractivity (Wildman–Crippen MR) is 91.0 cm³/mol. The van der Waals surface area contributed by atoms with Crippen LogP contribution in [-0.2, 0) is 0 Å². The normalized spacial score (nSPS) is 15.9. The number of likely N-dealkylation sites (tertiary alicyclic amines) is 1. The molecule has 2 N–H and O–H groups in total. The lowest BCUT2D eigenvalue weighted by Crippen LogP contribution is -2.40. The molecule has 0 saturated carbocycles. The Morgan fingerprint density at radius 2 is 2.13 bits per heavy atom. The van der Waals surface area contributed by atoms with Crippen molar-refractivity contribution in [3.8, 4) is 5.69 Å². The van der Waals surface area contributed by atoms with Gasteiger partial charge in [-0.2, -0.15) is 5.10 Å². The van der Waals surface area contributed by atoms with Crippen LogP contribution in [0, 0.1) is 12.8 Å². The van der Waals surface area contributed by atoms with E-state index in [4.69, 9.17) is 17.3 Å². The molecule has 23 heavy (non-hydrogen) atoms. The van der Waals surface area contributed by atoms with Crippen LogP contribution in [0.25, 0.3) is 5.69 Å². The quantitative estimate of drug-likeness (QED) is 0.939. The number of piperidine rings is 1. The third-order valence-corrected chi connectivity index (χ3v) is 4.76. The number of halogens is 1. The molecule has 3 rings (SSSR count). The van der Waals surface area contributed by atoms with Gasteiger partial charge in [0.05, 0.1) is 23.1 Å². The largest absolute Gasteiger partial charge is 0.339 e. The number of hydrogen-bond acceptors (Lipinski definition) is 3. The number of carbonyl (C=O) groups is 1. The molecule has 1 aliphatic rings. The summed E-state index contributed by atoms with van der Waals surface area (Å²) in [5.41, 5.74) is 8.05. The first-order valence-electron chi connectivity index (χ1n) is 7.90. The number of benzene rings is 1. The van der Waals surface area contributed by atoms with E-state index in [1.807, 2.05) is 36.1 Å². The number of hydrogen-bond donors (Lipinski definition) is 1. The third kappa shape index (κ3) is 3.26. The van der Waals surface area contributed by atoms with Crippen LogP contribution in [0.2, 0.25) is 5.02 Å². The molecule has 6 heteroatoms. The van der Waals surface area contributed by atoms with Crippen LogP contribution >= 0.6 is 11.6 Å². The van der Waals surface area contributed by atoms with Crippen molar-refractivity contribution < 1.29 is 4.79 Å². The molecule has 1 aliphatic heterocycles. The van der Waals surface area contributed by atoms with Gasteiger partial charge in [-0.25, -0.2) is 4.68 Å². The van der Waals surface area contributed by atoms with Crippen LogP contribution in [-0.4, -0.2) is 40.2 Å². The fourth-order valence-electron chi connectivity index (χ4n) is 3.03. The lowest BCUT2D eigenvalue weighted by Gasteiger charge is -2.31. The van der Waals surface area contributed by atoms with E-state index in [2.05, 4.69) is 5.10 Å². The van der Waals surface area contributed by atoms with E-state index in [-0.39, 0.29) is 5.91 Å². The van der Waals surface area contributed by atoms with E-state index in [0.29, 0.717) is 23.0 Å². The molecular weight excluding hydrogens is 312 g/mol. The zero-order valence-corrected chi connectivity index (χ0v) is 14.0. The molecule has 1 aromatic carbocycles. The number of amides is 1. The van der Waals surface area contributed by atoms with Gasteiger partial charge in [0.15, 0.2) is 0 Å². The van der Waals surface area contributed by atoms with E-state index in [0.717, 1.165) is 37.3 Å². The lowest BCUT2D eigenvalue weighted by atomic mass is 9.96. The Hall–Kier alpha value is -1.85. The van der Waals surface area contributed by atoms with E-state index in [1.165, 1.54) is 0 Å². The van der Waals surface area contributed by atoms with Crippen molar-refractivity contribution in [1.29, 1.82) is 0 Å². The molecule has 2 heterocycles. The summed E-state index contributed by atoms with van der Waals surface area (Å²) in [6.07, 6.45) is 3.60. The highest BCUT2D eigenvalue weighted by molar-refractivity contribution is 6.30. The average molecular weight is 333 g/mol. The highest BCUT2D eigenvalue weighted by atomic mass is 35.5. The Morgan fingerprint density at radius 1 is 1.39 bits per heavy atom. The van der Waals surface area contributed by atoms with Crippen molar-refractivity contribution in [3.63, 3.8) is 0 Å². The first-order chi connectivity index (χ1) is 11.1. The summed E-state index contributed by atoms with van der Waals surface area (Å²) in [4.78, 5) is 14.6. The monoisotopic (exact) mass is 332 g/mol. The first-order valence-corrected chi connectivity index (χ1v) is 8.28. The number of nitrogens with zero attached hydrogens (tertiary/aromatic N) is 3. The van der Waals surface area contributed by atoms with Gasteiger partial charge in [-0.1, -0.05) is 17.7 Å². The number of rotatable bonds is 3. The van der Waals surface area contributed by atoms with Crippen LogP contribution in [0.5, 0.6) is 0 Å². The lowest BCUT2D eigenvalue weighted by molar-refractivity contribution is 0.0692. The first kappa shape index (κ1) is 16.0. The Labute approximate surface area is 141 Å². The summed E-state index contributed by atoms with van der Waals surface area (Å²) in [7, 11) is 0. The highest BCUT2D eigenvalue weighted by Crippen LogP contribution is 2.21. The molecule has 0 spiro atoms. The summed E-state index contributed by atoms with van der Waals surface area (Å²) >= 11 is 6.04. The van der Waals surface area contributed by atoms with E-state index in [1.54, 1.807) is 10.9 Å². The maximum absolute atomic E-state index is 12.7. The fraction of sp³-hybridized carbons (Fsp3) is 0.412. The summed E-state index contributed by atoms with van der Waals surface area (Å²) < 4.78 is 1.76. The van der Waals surface area contributed by atoms with Crippen LogP contribution in [0.15, 0.2) is 30.5 Å². The Balaban J connectivity index is 1.80. The predicted octanol–water partition coefficient (Wildman–Crippen LogP) is 2.65. The van der Waals surface area contributed by atoms with Gasteiger partial charge in [-0.05, 0) is 50.4 Å². The molecule has 1 amide bonds. The standard InChI is InChI=1S/C17H21ClN4O/c1-12-16(17(23)21-7-5-13(10-19)6-8-21)11-20-22(12)15-4-2-3-14(18)9-15/h2-4,9,11,13H,5-8,10,19H2,1H3. The van der Waals surface area contributed by atoms with Gasteiger partial charge >= 0.3 is 0 Å². The van der Waals surface area contributed by atoms with Crippen molar-refractivity contribution in [2.24, 2.45) is 11.7 Å². The summed E-state index contributed by atoms with van der Waals surface area (Å²) in [6, 6.07) is 7.45. The minimum absolute atomic E-state index is 0.0475. The fourth-order valence-corrected chi connectivity index (χ4v) is 3.21. The minimum Gasteiger partial charge on any atom is -0.339 e. The smallest absolute Gasteiger partial charge is 0.257 e. The van der Waals surface area contributed by atoms with Crippen LogP contribution in [0.4, 0.5) is 0 Å². The number of aromatic nitrogens is 2. The molecular formula is C17H21ClN4O. The second kappa shape index (κ2) is 6.72. The third-order valence-electron chi connectivity index (χ3n) is 4.53. The molecule has 2 aromatic rings. The Kier molecular flexibility index (Phi) is 4.68. The van der Waals surface area contributed by atoms with Crippen molar-refractivity contribution in [2.45, 2.75) is 19.8 Å². The van der Waals surface area contributed by atoms with Crippen LogP contribution in [0.1, 0.15) is 28.9 Å². The average Bonchev–Trinajstić information content (AvgIpc) is 2.96. The van der Waals surface area contributed by atoms with Crippen molar-refractivity contribution in [3.05, 3.63) is 46.7 Å².